The van der Waals surface area contributed by atoms with Crippen LogP contribution in [0.4, 0.5) is 22.9 Å². The van der Waals surface area contributed by atoms with Gasteiger partial charge in [-0.15, -0.1) is 0 Å². The lowest BCUT2D eigenvalue weighted by atomic mass is 10.1. The summed E-state index contributed by atoms with van der Waals surface area (Å²) >= 11 is 0. The lowest BCUT2D eigenvalue weighted by Crippen LogP contribution is -2.46. The van der Waals surface area contributed by atoms with Gasteiger partial charge in [-0.25, -0.2) is 15.0 Å². The molecule has 11 heteroatoms. The summed E-state index contributed by atoms with van der Waals surface area (Å²) in [6.45, 7) is 7.20. The Morgan fingerprint density at radius 2 is 1.57 bits per heavy atom. The van der Waals surface area contributed by atoms with E-state index in [0.29, 0.717) is 39.5 Å². The van der Waals surface area contributed by atoms with Crippen molar-refractivity contribution in [1.82, 2.24) is 24.4 Å². The lowest BCUT2D eigenvalue weighted by molar-refractivity contribution is 0.0972. The van der Waals surface area contributed by atoms with Crippen LogP contribution in [0.5, 0.6) is 5.75 Å². The van der Waals surface area contributed by atoms with E-state index in [-0.39, 0.29) is 18.2 Å². The number of fused-ring (bicyclic) bond motifs is 1. The number of nitrogens with one attached hydrogen (secondary N) is 2. The standard InChI is InChI=1S/C40H40N8O3/c1-28-8-11-31(40(50)44-32-14-9-29(10-15-32)18-19-46-20-22-47(23-21-46)33-6-4-3-5-7-33)24-35(28)45-38-37-39(42-26-41-38)48(27-43-37)25-36(49)30-12-16-34(51-2)17-13-30/h3-17,24,26-27H,18-23,25H2,1-2H3,(H,44,50)(H,41,42,45). The van der Waals surface area contributed by atoms with E-state index in [1.165, 1.54) is 17.6 Å². The maximum atomic E-state index is 13.3. The number of piperazine rings is 1. The van der Waals surface area contributed by atoms with E-state index in [9.17, 15) is 9.59 Å². The topological polar surface area (TPSA) is 118 Å². The Morgan fingerprint density at radius 3 is 2.31 bits per heavy atom. The number of ether oxygens (including phenoxy) is 1. The molecule has 0 unspecified atom stereocenters. The first kappa shape index (κ1) is 33.4. The number of rotatable bonds is 12. The van der Waals surface area contributed by atoms with E-state index in [1.807, 2.05) is 25.1 Å². The molecule has 2 N–H and O–H groups in total. The van der Waals surface area contributed by atoms with Crippen LogP contribution in [0.1, 0.15) is 31.8 Å². The van der Waals surface area contributed by atoms with Gasteiger partial charge in [0.25, 0.3) is 5.91 Å². The summed E-state index contributed by atoms with van der Waals surface area (Å²) in [5.74, 6) is 0.869. The first-order valence-electron chi connectivity index (χ1n) is 17.1. The van der Waals surface area contributed by atoms with E-state index < -0.39 is 0 Å². The summed E-state index contributed by atoms with van der Waals surface area (Å²) in [5.41, 5.74) is 7.02. The van der Waals surface area contributed by atoms with Gasteiger partial charge in [0.05, 0.1) is 20.0 Å². The number of carbonyl (C=O) groups excluding carboxylic acids is 2. The van der Waals surface area contributed by atoms with Crippen LogP contribution in [0.3, 0.4) is 0 Å². The lowest BCUT2D eigenvalue weighted by Gasteiger charge is -2.36. The molecule has 0 aliphatic carbocycles. The average Bonchev–Trinajstić information content (AvgIpc) is 3.59. The van der Waals surface area contributed by atoms with Crippen LogP contribution in [-0.4, -0.2) is 75.9 Å². The normalized spacial score (nSPS) is 13.3. The molecule has 7 rings (SSSR count). The van der Waals surface area contributed by atoms with Crippen molar-refractivity contribution >= 4 is 45.7 Å². The molecular formula is C40H40N8O3. The minimum Gasteiger partial charge on any atom is -0.497 e. The third-order valence-electron chi connectivity index (χ3n) is 9.30. The summed E-state index contributed by atoms with van der Waals surface area (Å²) in [4.78, 5) is 44.6. The molecule has 1 saturated heterocycles. The molecule has 0 bridgehead atoms. The van der Waals surface area contributed by atoms with E-state index >= 15 is 0 Å². The fourth-order valence-electron chi connectivity index (χ4n) is 6.25. The predicted molar refractivity (Wildman–Crippen MR) is 200 cm³/mol. The molecule has 1 fully saturated rings. The van der Waals surface area contributed by atoms with Crippen molar-refractivity contribution in [1.29, 1.82) is 0 Å². The maximum absolute atomic E-state index is 13.3. The molecule has 0 radical (unpaired) electrons. The Balaban J connectivity index is 0.950. The van der Waals surface area contributed by atoms with Crippen LogP contribution in [-0.2, 0) is 13.0 Å². The minimum absolute atomic E-state index is 0.0709. The second kappa shape index (κ2) is 15.2. The highest BCUT2D eigenvalue weighted by Crippen LogP contribution is 2.26. The van der Waals surface area contributed by atoms with Crippen LogP contribution in [0, 0.1) is 6.92 Å². The van der Waals surface area contributed by atoms with Crippen molar-refractivity contribution in [2.75, 3.05) is 55.4 Å². The number of nitrogens with zero attached hydrogens (tertiary/aromatic N) is 6. The van der Waals surface area contributed by atoms with Gasteiger partial charge in [0, 0.05) is 60.9 Å². The number of aromatic nitrogens is 4. The minimum atomic E-state index is -0.212. The second-order valence-electron chi connectivity index (χ2n) is 12.6. The molecule has 51 heavy (non-hydrogen) atoms. The number of para-hydroxylation sites is 1. The van der Waals surface area contributed by atoms with Crippen LogP contribution in [0.25, 0.3) is 11.2 Å². The first-order chi connectivity index (χ1) is 24.9. The molecule has 0 saturated carbocycles. The van der Waals surface area contributed by atoms with Crippen LogP contribution in [0.15, 0.2) is 110 Å². The van der Waals surface area contributed by atoms with Gasteiger partial charge in [-0.2, -0.15) is 0 Å². The Morgan fingerprint density at radius 1 is 0.824 bits per heavy atom. The fraction of sp³-hybridized carbons (Fsp3) is 0.225. The van der Waals surface area contributed by atoms with E-state index in [2.05, 4.69) is 77.8 Å². The van der Waals surface area contributed by atoms with Gasteiger partial charge in [-0.1, -0.05) is 36.4 Å². The van der Waals surface area contributed by atoms with Crippen molar-refractivity contribution in [3.05, 3.63) is 132 Å². The highest BCUT2D eigenvalue weighted by Gasteiger charge is 2.18. The van der Waals surface area contributed by atoms with E-state index in [0.717, 1.165) is 50.4 Å². The van der Waals surface area contributed by atoms with Gasteiger partial charge < -0.3 is 24.8 Å². The number of ketones is 1. The number of hydrogen-bond donors (Lipinski definition) is 2. The summed E-state index contributed by atoms with van der Waals surface area (Å²) in [6, 6.07) is 31.2. The van der Waals surface area contributed by atoms with Crippen molar-refractivity contribution in [3.8, 4) is 5.75 Å². The Labute approximate surface area is 296 Å². The van der Waals surface area contributed by atoms with Crippen LogP contribution in [0.2, 0.25) is 0 Å². The molecule has 4 aromatic carbocycles. The van der Waals surface area contributed by atoms with E-state index in [4.69, 9.17) is 4.74 Å². The van der Waals surface area contributed by atoms with Crippen molar-refractivity contribution in [2.45, 2.75) is 19.9 Å². The number of anilines is 4. The third-order valence-corrected chi connectivity index (χ3v) is 9.30. The molecular weight excluding hydrogens is 640 g/mol. The highest BCUT2D eigenvalue weighted by molar-refractivity contribution is 6.05. The SMILES string of the molecule is COc1ccc(C(=O)Cn2cnc3c(Nc4cc(C(=O)Nc5ccc(CCN6CCN(c7ccccc7)CC6)cc5)ccc4C)ncnc32)cc1. The Bertz CT molecular complexity index is 2120. The van der Waals surface area contributed by atoms with Gasteiger partial charge in [0.1, 0.15) is 12.1 Å². The van der Waals surface area contributed by atoms with Crippen molar-refractivity contribution in [2.24, 2.45) is 0 Å². The molecule has 0 spiro atoms. The fourth-order valence-corrected chi connectivity index (χ4v) is 6.25. The number of imidazole rings is 1. The number of hydrogen-bond acceptors (Lipinski definition) is 9. The molecule has 1 aliphatic rings. The van der Waals surface area contributed by atoms with Crippen LogP contribution >= 0.6 is 0 Å². The maximum Gasteiger partial charge on any atom is 0.255 e. The predicted octanol–water partition coefficient (Wildman–Crippen LogP) is 6.39. The van der Waals surface area contributed by atoms with Gasteiger partial charge in [-0.3, -0.25) is 14.5 Å². The number of Topliss-reactive ketones (excluding diaryl/α,β-unsaturated/α-hetero) is 1. The van der Waals surface area contributed by atoms with Gasteiger partial charge in [-0.05, 0) is 85.1 Å². The molecule has 6 aromatic rings. The Kier molecular flexibility index (Phi) is 9.98. The number of aryl methyl sites for hydroxylation is 1. The summed E-state index contributed by atoms with van der Waals surface area (Å²) < 4.78 is 6.89. The quantitative estimate of drug-likeness (QED) is 0.142. The Hall–Kier alpha value is -6.07. The number of carbonyl (C=O) groups is 2. The molecule has 11 nitrogen and oxygen atoms in total. The summed E-state index contributed by atoms with van der Waals surface area (Å²) in [5, 5.41) is 6.36. The first-order valence-corrected chi connectivity index (χ1v) is 17.1. The average molecular weight is 681 g/mol. The smallest absolute Gasteiger partial charge is 0.255 e. The highest BCUT2D eigenvalue weighted by atomic mass is 16.5. The zero-order valence-corrected chi connectivity index (χ0v) is 28.8. The molecule has 258 valence electrons. The number of benzene rings is 4. The molecule has 2 aromatic heterocycles. The summed E-state index contributed by atoms with van der Waals surface area (Å²) in [7, 11) is 1.59. The molecule has 1 aliphatic heterocycles. The molecule has 1 amide bonds. The monoisotopic (exact) mass is 680 g/mol. The second-order valence-corrected chi connectivity index (χ2v) is 12.6. The zero-order chi connectivity index (χ0) is 35.2. The van der Waals surface area contributed by atoms with Gasteiger partial charge >= 0.3 is 0 Å². The van der Waals surface area contributed by atoms with E-state index in [1.54, 1.807) is 54.4 Å². The molecule has 0 atom stereocenters. The number of amides is 1. The van der Waals surface area contributed by atoms with Crippen LogP contribution < -0.4 is 20.3 Å². The van der Waals surface area contributed by atoms with Crippen molar-refractivity contribution in [3.63, 3.8) is 0 Å². The molecule has 3 heterocycles. The third kappa shape index (κ3) is 7.89. The summed E-state index contributed by atoms with van der Waals surface area (Å²) in [6.07, 6.45) is 3.98. The van der Waals surface area contributed by atoms with Gasteiger partial charge in [0.2, 0.25) is 0 Å². The zero-order valence-electron chi connectivity index (χ0n) is 28.8. The van der Waals surface area contributed by atoms with Crippen molar-refractivity contribution < 1.29 is 14.3 Å². The van der Waals surface area contributed by atoms with Gasteiger partial charge in [0.15, 0.2) is 22.8 Å². The number of methoxy groups -OCH3 is 1. The largest absolute Gasteiger partial charge is 0.497 e.